The molecule has 3 rings (SSSR count). The lowest BCUT2D eigenvalue weighted by atomic mass is 9.78. The van der Waals surface area contributed by atoms with Crippen molar-refractivity contribution in [3.63, 3.8) is 0 Å². The van der Waals surface area contributed by atoms with E-state index in [0.717, 1.165) is 16.6 Å². The van der Waals surface area contributed by atoms with Gasteiger partial charge in [0, 0.05) is 12.7 Å². The van der Waals surface area contributed by atoms with Gasteiger partial charge >= 0.3 is 13.1 Å². The SMILES string of the molecule is CC(=O)SCC(=Cc1cccc(C2(C(=O)O)CC2)c1)B1OC(C)(C)C(C)(C)O1. The molecule has 7 heteroatoms. The van der Waals surface area contributed by atoms with Gasteiger partial charge in [-0.3, -0.25) is 9.59 Å². The topological polar surface area (TPSA) is 72.8 Å². The zero-order valence-corrected chi connectivity index (χ0v) is 17.9. The minimum Gasteiger partial charge on any atom is -0.481 e. The van der Waals surface area contributed by atoms with Crippen molar-refractivity contribution in [3.05, 3.63) is 40.9 Å². The number of thioether (sulfide) groups is 1. The molecule has 0 unspecified atom stereocenters. The van der Waals surface area contributed by atoms with Gasteiger partial charge < -0.3 is 14.4 Å². The van der Waals surface area contributed by atoms with Crippen molar-refractivity contribution in [2.24, 2.45) is 0 Å². The highest BCUT2D eigenvalue weighted by molar-refractivity contribution is 8.13. The van der Waals surface area contributed by atoms with Gasteiger partial charge in [0.2, 0.25) is 0 Å². The van der Waals surface area contributed by atoms with Crippen LogP contribution in [0.2, 0.25) is 0 Å². The van der Waals surface area contributed by atoms with Crippen LogP contribution in [-0.4, -0.2) is 40.3 Å². The molecule has 5 nitrogen and oxygen atoms in total. The molecule has 1 N–H and O–H groups in total. The first-order valence-electron chi connectivity index (χ1n) is 9.50. The third kappa shape index (κ3) is 4.07. The van der Waals surface area contributed by atoms with E-state index >= 15 is 0 Å². The van der Waals surface area contributed by atoms with Crippen molar-refractivity contribution in [1.82, 2.24) is 0 Å². The van der Waals surface area contributed by atoms with Gasteiger partial charge in [-0.2, -0.15) is 0 Å². The smallest absolute Gasteiger partial charge is 0.481 e. The lowest BCUT2D eigenvalue weighted by Gasteiger charge is -2.32. The van der Waals surface area contributed by atoms with Gasteiger partial charge in [-0.05, 0) is 57.1 Å². The molecule has 2 aliphatic rings. The third-order valence-corrected chi connectivity index (χ3v) is 6.83. The Morgan fingerprint density at radius 1 is 1.18 bits per heavy atom. The fourth-order valence-electron chi connectivity index (χ4n) is 3.25. The molecule has 0 amide bonds. The second kappa shape index (κ2) is 7.36. The van der Waals surface area contributed by atoms with E-state index in [0.29, 0.717) is 18.6 Å². The molecule has 1 saturated heterocycles. The molecule has 28 heavy (non-hydrogen) atoms. The van der Waals surface area contributed by atoms with Crippen LogP contribution in [0, 0.1) is 0 Å². The molecule has 0 radical (unpaired) electrons. The molecule has 0 aromatic heterocycles. The number of carbonyl (C=O) groups is 2. The van der Waals surface area contributed by atoms with Gasteiger partial charge in [-0.15, -0.1) is 0 Å². The molecule has 0 spiro atoms. The molecule has 150 valence electrons. The van der Waals surface area contributed by atoms with E-state index in [4.69, 9.17) is 9.31 Å². The van der Waals surface area contributed by atoms with Crippen molar-refractivity contribution in [3.8, 4) is 0 Å². The van der Waals surface area contributed by atoms with Gasteiger partial charge in [0.05, 0.1) is 16.6 Å². The normalized spacial score (nSPS) is 22.2. The maximum atomic E-state index is 11.7. The minimum atomic E-state index is -0.771. The number of carboxylic acid groups (broad SMARTS) is 1. The van der Waals surface area contributed by atoms with E-state index in [1.165, 1.54) is 18.7 Å². The first kappa shape index (κ1) is 21.2. The van der Waals surface area contributed by atoms with Crippen molar-refractivity contribution < 1.29 is 24.0 Å². The highest BCUT2D eigenvalue weighted by Gasteiger charge is 2.53. The number of hydrogen-bond donors (Lipinski definition) is 1. The second-order valence-corrected chi connectivity index (χ2v) is 9.75. The summed E-state index contributed by atoms with van der Waals surface area (Å²) < 4.78 is 12.3. The van der Waals surface area contributed by atoms with Crippen molar-refractivity contribution >= 4 is 36.0 Å². The molecule has 0 atom stereocenters. The quantitative estimate of drug-likeness (QED) is 0.723. The van der Waals surface area contributed by atoms with Crippen LogP contribution in [0.15, 0.2) is 29.7 Å². The average Bonchev–Trinajstić information content (AvgIpc) is 3.36. The molecule has 1 aromatic rings. The maximum absolute atomic E-state index is 11.7. The number of carboxylic acids is 1. The second-order valence-electron chi connectivity index (χ2n) is 8.60. The Morgan fingerprint density at radius 3 is 2.29 bits per heavy atom. The van der Waals surface area contributed by atoms with E-state index in [2.05, 4.69) is 0 Å². The zero-order valence-electron chi connectivity index (χ0n) is 17.1. The van der Waals surface area contributed by atoms with Gasteiger partial charge in [0.15, 0.2) is 5.12 Å². The summed E-state index contributed by atoms with van der Waals surface area (Å²) >= 11 is 1.21. The predicted molar refractivity (Wildman–Crippen MR) is 112 cm³/mol. The number of benzene rings is 1. The average molecular weight is 402 g/mol. The summed E-state index contributed by atoms with van der Waals surface area (Å²) in [7, 11) is -0.546. The van der Waals surface area contributed by atoms with Gasteiger partial charge in [-0.25, -0.2) is 0 Å². The fourth-order valence-corrected chi connectivity index (χ4v) is 3.84. The predicted octanol–water partition coefficient (Wildman–Crippen LogP) is 4.10. The number of hydrogen-bond acceptors (Lipinski definition) is 5. The van der Waals surface area contributed by atoms with Crippen LogP contribution in [0.5, 0.6) is 0 Å². The van der Waals surface area contributed by atoms with E-state index in [-0.39, 0.29) is 5.12 Å². The maximum Gasteiger partial charge on any atom is 0.491 e. The summed E-state index contributed by atoms with van der Waals surface area (Å²) in [6.07, 6.45) is 3.29. The highest BCUT2D eigenvalue weighted by Crippen LogP contribution is 2.48. The molecule has 1 heterocycles. The van der Waals surface area contributed by atoms with Crippen LogP contribution in [-0.2, 0) is 24.3 Å². The first-order chi connectivity index (χ1) is 13.0. The third-order valence-electron chi connectivity index (χ3n) is 5.95. The van der Waals surface area contributed by atoms with Crippen LogP contribution in [0.3, 0.4) is 0 Å². The Kier molecular flexibility index (Phi) is 5.56. The number of rotatable bonds is 6. The van der Waals surface area contributed by atoms with Gasteiger partial charge in [0.25, 0.3) is 0 Å². The van der Waals surface area contributed by atoms with Crippen LogP contribution in [0.25, 0.3) is 6.08 Å². The summed E-state index contributed by atoms with van der Waals surface area (Å²) in [4.78, 5) is 23.2. The standard InChI is InChI=1S/C21H27BO5S/c1-14(23)28-13-17(22-26-19(2,3)20(4,5)27-22)12-15-7-6-8-16(11-15)21(9-10-21)18(24)25/h6-8,11-12H,9-10,13H2,1-5H3,(H,24,25). The van der Waals surface area contributed by atoms with Crippen LogP contribution < -0.4 is 0 Å². The lowest BCUT2D eigenvalue weighted by Crippen LogP contribution is -2.41. The summed E-state index contributed by atoms with van der Waals surface area (Å²) in [6.45, 7) is 9.51. The van der Waals surface area contributed by atoms with E-state index in [1.54, 1.807) is 0 Å². The largest absolute Gasteiger partial charge is 0.491 e. The summed E-state index contributed by atoms with van der Waals surface area (Å²) in [6, 6.07) is 7.61. The minimum absolute atomic E-state index is 0.0268. The summed E-state index contributed by atoms with van der Waals surface area (Å²) in [5.41, 5.74) is 0.876. The van der Waals surface area contributed by atoms with Gasteiger partial charge in [0.1, 0.15) is 0 Å². The molecule has 2 fully saturated rings. The van der Waals surface area contributed by atoms with Gasteiger partial charge in [-0.1, -0.05) is 42.1 Å². The van der Waals surface area contributed by atoms with Crippen molar-refractivity contribution in [1.29, 1.82) is 0 Å². The van der Waals surface area contributed by atoms with Crippen molar-refractivity contribution in [2.45, 2.75) is 64.1 Å². The highest BCUT2D eigenvalue weighted by atomic mass is 32.2. The first-order valence-corrected chi connectivity index (χ1v) is 10.5. The van der Waals surface area contributed by atoms with E-state index in [9.17, 15) is 14.7 Å². The lowest BCUT2D eigenvalue weighted by molar-refractivity contribution is -0.140. The Bertz CT molecular complexity index is 810. The molecule has 1 aliphatic heterocycles. The summed E-state index contributed by atoms with van der Waals surface area (Å²) in [5.74, 6) is -0.313. The molecular formula is C21H27BO5S. The molecule has 1 aromatic carbocycles. The molecule has 1 aliphatic carbocycles. The molecular weight excluding hydrogens is 375 g/mol. The Balaban J connectivity index is 1.92. The monoisotopic (exact) mass is 402 g/mol. The number of carbonyl (C=O) groups excluding carboxylic acids is 1. The van der Waals surface area contributed by atoms with Crippen LogP contribution in [0.4, 0.5) is 0 Å². The molecule has 0 bridgehead atoms. The van der Waals surface area contributed by atoms with Crippen LogP contribution >= 0.6 is 11.8 Å². The Morgan fingerprint density at radius 2 is 1.79 bits per heavy atom. The zero-order chi connectivity index (χ0) is 20.7. The molecule has 1 saturated carbocycles. The van der Waals surface area contributed by atoms with Crippen molar-refractivity contribution in [2.75, 3.05) is 5.75 Å². The summed E-state index contributed by atoms with van der Waals surface area (Å²) in [5, 5.41) is 9.59. The van der Waals surface area contributed by atoms with E-state index < -0.39 is 29.7 Å². The Hall–Kier alpha value is -1.57. The fraction of sp³-hybridized carbons (Fsp3) is 0.524. The Labute approximate surface area is 171 Å². The van der Waals surface area contributed by atoms with E-state index in [1.807, 2.05) is 58.0 Å². The van der Waals surface area contributed by atoms with Crippen LogP contribution in [0.1, 0.15) is 58.6 Å². The number of aliphatic carboxylic acids is 1.